The Bertz CT molecular complexity index is 1280. The molecule has 0 spiro atoms. The summed E-state index contributed by atoms with van der Waals surface area (Å²) in [5.74, 6) is -0.360. The van der Waals surface area contributed by atoms with Gasteiger partial charge in [0, 0.05) is 19.0 Å². The third-order valence-corrected chi connectivity index (χ3v) is 8.41. The van der Waals surface area contributed by atoms with Gasteiger partial charge in [0.1, 0.15) is 5.75 Å². The molecule has 0 atom stereocenters. The van der Waals surface area contributed by atoms with Gasteiger partial charge in [-0.3, -0.25) is 4.79 Å². The number of methoxy groups -OCH3 is 2. The summed E-state index contributed by atoms with van der Waals surface area (Å²) in [6.45, 7) is 0.517. The number of anilines is 1. The Hall–Kier alpha value is -3.02. The van der Waals surface area contributed by atoms with Crippen LogP contribution in [0.5, 0.6) is 5.75 Å². The van der Waals surface area contributed by atoms with Crippen LogP contribution in [0.15, 0.2) is 47.4 Å². The minimum atomic E-state index is -3.63. The summed E-state index contributed by atoms with van der Waals surface area (Å²) < 4.78 is 37.8. The Labute approximate surface area is 195 Å². The first-order valence-corrected chi connectivity index (χ1v) is 12.5. The third-order valence-electron chi connectivity index (χ3n) is 5.56. The van der Waals surface area contributed by atoms with Crippen LogP contribution >= 0.6 is 11.3 Å². The Morgan fingerprint density at radius 1 is 1.09 bits per heavy atom. The summed E-state index contributed by atoms with van der Waals surface area (Å²) >= 11 is 1.27. The molecule has 174 valence electrons. The lowest BCUT2D eigenvalue weighted by Gasteiger charge is -2.30. The van der Waals surface area contributed by atoms with Crippen molar-refractivity contribution in [2.75, 3.05) is 32.6 Å². The molecule has 0 bridgehead atoms. The maximum absolute atomic E-state index is 12.9. The van der Waals surface area contributed by atoms with Crippen LogP contribution < -0.4 is 10.1 Å². The fourth-order valence-corrected chi connectivity index (χ4v) is 6.06. The summed E-state index contributed by atoms with van der Waals surface area (Å²) in [4.78, 5) is 29.1. The number of carbonyl (C=O) groups is 2. The minimum Gasteiger partial charge on any atom is -0.497 e. The van der Waals surface area contributed by atoms with E-state index >= 15 is 0 Å². The lowest BCUT2D eigenvalue weighted by molar-refractivity contribution is -0.120. The molecular weight excluding hydrogens is 466 g/mol. The van der Waals surface area contributed by atoms with E-state index in [1.807, 2.05) is 0 Å². The number of hydrogen-bond acceptors (Lipinski definition) is 8. The van der Waals surface area contributed by atoms with Gasteiger partial charge in [-0.05, 0) is 55.3 Å². The first-order valence-electron chi connectivity index (χ1n) is 10.3. The van der Waals surface area contributed by atoms with Crippen LogP contribution in [0, 0.1) is 5.92 Å². The van der Waals surface area contributed by atoms with Crippen molar-refractivity contribution in [3.63, 3.8) is 0 Å². The first-order chi connectivity index (χ1) is 15.8. The number of aromatic nitrogens is 1. The molecule has 4 rings (SSSR count). The molecule has 1 N–H and O–H groups in total. The average Bonchev–Trinajstić information content (AvgIpc) is 3.25. The number of carbonyl (C=O) groups excluding carboxylic acids is 2. The zero-order chi connectivity index (χ0) is 23.6. The average molecular weight is 490 g/mol. The van der Waals surface area contributed by atoms with Crippen LogP contribution in [0.1, 0.15) is 23.2 Å². The molecule has 11 heteroatoms. The number of esters is 1. The number of nitrogens with one attached hydrogen (secondary N) is 1. The summed E-state index contributed by atoms with van der Waals surface area (Å²) in [7, 11) is -0.789. The molecule has 0 aliphatic carbocycles. The summed E-state index contributed by atoms with van der Waals surface area (Å²) in [6, 6.07) is 11.3. The second-order valence-corrected chi connectivity index (χ2v) is 10.5. The molecule has 1 amide bonds. The number of benzene rings is 2. The summed E-state index contributed by atoms with van der Waals surface area (Å²) in [5, 5.41) is 3.27. The van der Waals surface area contributed by atoms with Crippen molar-refractivity contribution in [3.8, 4) is 5.75 Å². The van der Waals surface area contributed by atoms with Gasteiger partial charge in [-0.1, -0.05) is 11.3 Å². The van der Waals surface area contributed by atoms with Crippen molar-refractivity contribution >= 4 is 48.6 Å². The van der Waals surface area contributed by atoms with E-state index in [2.05, 4.69) is 10.3 Å². The van der Waals surface area contributed by atoms with Gasteiger partial charge in [-0.15, -0.1) is 0 Å². The molecule has 1 aromatic heterocycles. The zero-order valence-corrected chi connectivity index (χ0v) is 19.7. The van der Waals surface area contributed by atoms with Gasteiger partial charge >= 0.3 is 5.97 Å². The van der Waals surface area contributed by atoms with Gasteiger partial charge in [0.15, 0.2) is 5.13 Å². The highest BCUT2D eigenvalue weighted by Gasteiger charge is 2.32. The molecule has 0 saturated carbocycles. The van der Waals surface area contributed by atoms with Crippen LogP contribution in [0.3, 0.4) is 0 Å². The van der Waals surface area contributed by atoms with Crippen LogP contribution in [0.25, 0.3) is 10.2 Å². The van der Waals surface area contributed by atoms with Gasteiger partial charge in [0.2, 0.25) is 15.9 Å². The van der Waals surface area contributed by atoms with Crippen molar-refractivity contribution in [1.29, 1.82) is 0 Å². The van der Waals surface area contributed by atoms with E-state index in [-0.39, 0.29) is 29.8 Å². The predicted octanol–water partition coefficient (Wildman–Crippen LogP) is 3.13. The van der Waals surface area contributed by atoms with Gasteiger partial charge in [0.05, 0.1) is 34.9 Å². The summed E-state index contributed by atoms with van der Waals surface area (Å²) in [5.41, 5.74) is 1.08. The highest BCUT2D eigenvalue weighted by molar-refractivity contribution is 7.89. The van der Waals surface area contributed by atoms with E-state index in [1.54, 1.807) is 30.3 Å². The Morgan fingerprint density at radius 2 is 1.79 bits per heavy atom. The Morgan fingerprint density at radius 3 is 2.42 bits per heavy atom. The number of fused-ring (bicyclic) bond motifs is 1. The fourth-order valence-electron chi connectivity index (χ4n) is 3.69. The molecule has 1 aliphatic heterocycles. The molecule has 33 heavy (non-hydrogen) atoms. The van der Waals surface area contributed by atoms with Crippen LogP contribution in [-0.2, 0) is 19.6 Å². The highest BCUT2D eigenvalue weighted by atomic mass is 32.2. The van der Waals surface area contributed by atoms with E-state index in [0.29, 0.717) is 34.8 Å². The van der Waals surface area contributed by atoms with E-state index in [9.17, 15) is 18.0 Å². The van der Waals surface area contributed by atoms with Crippen LogP contribution in [0.4, 0.5) is 5.13 Å². The Kier molecular flexibility index (Phi) is 6.63. The number of piperidine rings is 1. The second-order valence-electron chi connectivity index (χ2n) is 7.54. The molecule has 1 fully saturated rings. The van der Waals surface area contributed by atoms with E-state index in [0.717, 1.165) is 4.70 Å². The normalized spacial score (nSPS) is 15.3. The van der Waals surface area contributed by atoms with Gasteiger partial charge in [-0.25, -0.2) is 18.2 Å². The molecule has 1 aliphatic rings. The lowest BCUT2D eigenvalue weighted by Crippen LogP contribution is -2.41. The van der Waals surface area contributed by atoms with Crippen molar-refractivity contribution in [1.82, 2.24) is 9.29 Å². The lowest BCUT2D eigenvalue weighted by atomic mass is 9.97. The topological polar surface area (TPSA) is 115 Å². The number of sulfonamides is 1. The van der Waals surface area contributed by atoms with Crippen LogP contribution in [-0.4, -0.2) is 56.9 Å². The van der Waals surface area contributed by atoms with E-state index in [4.69, 9.17) is 9.47 Å². The standard InChI is InChI=1S/C22H23N3O6S2/c1-30-16-4-6-17(7-5-16)33(28,29)25-11-9-14(10-12-25)20(26)24-22-23-18-8-3-15(21(27)31-2)13-19(18)32-22/h3-8,13-14H,9-12H2,1-2H3,(H,23,24,26). The molecular formula is C22H23N3O6S2. The SMILES string of the molecule is COC(=O)c1ccc2nc(NC(=O)C3CCN(S(=O)(=O)c4ccc(OC)cc4)CC3)sc2c1. The monoisotopic (exact) mass is 489 g/mol. The number of amides is 1. The molecule has 3 aromatic rings. The zero-order valence-electron chi connectivity index (χ0n) is 18.1. The van der Waals surface area contributed by atoms with Crippen molar-refractivity contribution in [2.45, 2.75) is 17.7 Å². The first kappa shape index (κ1) is 23.1. The predicted molar refractivity (Wildman–Crippen MR) is 124 cm³/mol. The van der Waals surface area contributed by atoms with Crippen molar-refractivity contribution < 1.29 is 27.5 Å². The number of rotatable bonds is 6. The highest BCUT2D eigenvalue weighted by Crippen LogP contribution is 2.29. The maximum atomic E-state index is 12.9. The fraction of sp³-hybridized carbons (Fsp3) is 0.318. The second kappa shape index (κ2) is 9.46. The molecule has 0 unspecified atom stereocenters. The number of thiazole rings is 1. The maximum Gasteiger partial charge on any atom is 0.337 e. The van der Waals surface area contributed by atoms with Gasteiger partial charge in [0.25, 0.3) is 0 Å². The quantitative estimate of drug-likeness (QED) is 0.529. The molecule has 9 nitrogen and oxygen atoms in total. The number of nitrogens with zero attached hydrogens (tertiary/aromatic N) is 2. The molecule has 2 heterocycles. The van der Waals surface area contributed by atoms with E-state index in [1.165, 1.54) is 42.0 Å². The Balaban J connectivity index is 1.38. The number of ether oxygens (including phenoxy) is 2. The molecule has 0 radical (unpaired) electrons. The van der Waals surface area contributed by atoms with Crippen LogP contribution in [0.2, 0.25) is 0 Å². The summed E-state index contributed by atoms with van der Waals surface area (Å²) in [6.07, 6.45) is 0.831. The van der Waals surface area contributed by atoms with Crippen molar-refractivity contribution in [3.05, 3.63) is 48.0 Å². The van der Waals surface area contributed by atoms with Gasteiger partial charge in [-0.2, -0.15) is 4.31 Å². The molecule has 2 aromatic carbocycles. The van der Waals surface area contributed by atoms with E-state index < -0.39 is 16.0 Å². The number of hydrogen-bond donors (Lipinski definition) is 1. The minimum absolute atomic E-state index is 0.191. The largest absolute Gasteiger partial charge is 0.497 e. The van der Waals surface area contributed by atoms with Crippen molar-refractivity contribution in [2.24, 2.45) is 5.92 Å². The molecule has 1 saturated heterocycles. The third kappa shape index (κ3) is 4.85. The van der Waals surface area contributed by atoms with Gasteiger partial charge < -0.3 is 14.8 Å². The smallest absolute Gasteiger partial charge is 0.337 e.